The van der Waals surface area contributed by atoms with Crippen LogP contribution < -0.4 is 4.74 Å². The number of hydrogen-bond acceptors (Lipinski definition) is 5. The summed E-state index contributed by atoms with van der Waals surface area (Å²) in [5.41, 5.74) is -1.32. The molecule has 126 valence electrons. The van der Waals surface area contributed by atoms with Gasteiger partial charge in [-0.25, -0.2) is 0 Å². The Morgan fingerprint density at radius 3 is 2.50 bits per heavy atom. The number of nitrogens with zero attached hydrogens (tertiary/aromatic N) is 2. The van der Waals surface area contributed by atoms with E-state index in [-0.39, 0.29) is 27.8 Å². The van der Waals surface area contributed by atoms with E-state index >= 15 is 0 Å². The summed E-state index contributed by atoms with van der Waals surface area (Å²) in [5.74, 6) is 0.00238. The minimum absolute atomic E-state index is 0.0527. The van der Waals surface area contributed by atoms with Gasteiger partial charge in [-0.15, -0.1) is 0 Å². The van der Waals surface area contributed by atoms with Gasteiger partial charge in [0.2, 0.25) is 0 Å². The second kappa shape index (κ2) is 6.75. The van der Waals surface area contributed by atoms with Gasteiger partial charge in [0.25, 0.3) is 5.69 Å². The molecule has 0 saturated heterocycles. The number of nitro groups is 1. The van der Waals surface area contributed by atoms with Crippen LogP contribution >= 0.6 is 11.6 Å². The molecule has 0 spiro atoms. The molecule has 0 amide bonds. The van der Waals surface area contributed by atoms with Crippen molar-refractivity contribution in [2.45, 2.75) is 6.18 Å². The quantitative estimate of drug-likeness (QED) is 0.365. The third kappa shape index (κ3) is 3.93. The Hall–Kier alpha value is -2.81. The Balaban J connectivity index is 2.35. The highest BCUT2D eigenvalue weighted by Gasteiger charge is 2.31. The van der Waals surface area contributed by atoms with Crippen LogP contribution in [-0.4, -0.2) is 16.3 Å². The molecule has 0 atom stereocenters. The Morgan fingerprint density at radius 1 is 1.25 bits per heavy atom. The molecular weight excluding hydrogens is 353 g/mol. The first-order valence-corrected chi connectivity index (χ1v) is 6.60. The van der Waals surface area contributed by atoms with E-state index in [9.17, 15) is 23.3 Å². The minimum atomic E-state index is -4.54. The lowest BCUT2D eigenvalue weighted by Crippen LogP contribution is -2.04. The summed E-state index contributed by atoms with van der Waals surface area (Å²) in [6.07, 6.45) is -3.71. The third-order valence-electron chi connectivity index (χ3n) is 2.88. The number of hydrogen-bond donors (Lipinski definition) is 1. The smallest absolute Gasteiger partial charge is 0.416 e. The van der Waals surface area contributed by atoms with Crippen LogP contribution in [0.3, 0.4) is 0 Å². The van der Waals surface area contributed by atoms with Crippen molar-refractivity contribution < 1.29 is 28.0 Å². The molecule has 2 aromatic carbocycles. The van der Waals surface area contributed by atoms with E-state index in [2.05, 4.69) is 5.16 Å². The SMILES string of the molecule is O=[N+]([O-])c1ccc(Oc2ccc(C(F)(F)F)cc2Cl)cc1C=NO. The van der Waals surface area contributed by atoms with E-state index in [0.29, 0.717) is 6.07 Å². The first kappa shape index (κ1) is 17.5. The molecule has 0 aliphatic heterocycles. The van der Waals surface area contributed by atoms with Crippen LogP contribution in [0.5, 0.6) is 11.5 Å². The highest BCUT2D eigenvalue weighted by molar-refractivity contribution is 6.32. The molecule has 0 unspecified atom stereocenters. The van der Waals surface area contributed by atoms with Crippen molar-refractivity contribution in [3.63, 3.8) is 0 Å². The van der Waals surface area contributed by atoms with Gasteiger partial charge >= 0.3 is 6.18 Å². The maximum atomic E-state index is 12.6. The molecule has 0 heterocycles. The fourth-order valence-corrected chi connectivity index (χ4v) is 2.03. The van der Waals surface area contributed by atoms with Crippen molar-refractivity contribution in [1.29, 1.82) is 0 Å². The summed E-state index contributed by atoms with van der Waals surface area (Å²) >= 11 is 5.77. The van der Waals surface area contributed by atoms with Crippen LogP contribution in [-0.2, 0) is 6.18 Å². The van der Waals surface area contributed by atoms with Crippen LogP contribution in [0.25, 0.3) is 0 Å². The van der Waals surface area contributed by atoms with Crippen molar-refractivity contribution in [3.05, 3.63) is 62.7 Å². The van der Waals surface area contributed by atoms with Crippen molar-refractivity contribution in [1.82, 2.24) is 0 Å². The Labute approximate surface area is 137 Å². The normalized spacial score (nSPS) is 11.7. The fraction of sp³-hybridized carbons (Fsp3) is 0.0714. The molecule has 24 heavy (non-hydrogen) atoms. The molecule has 6 nitrogen and oxygen atoms in total. The molecule has 0 saturated carbocycles. The van der Waals surface area contributed by atoms with Crippen molar-refractivity contribution in [3.8, 4) is 11.5 Å². The number of oxime groups is 1. The van der Waals surface area contributed by atoms with E-state index in [0.717, 1.165) is 24.4 Å². The zero-order valence-electron chi connectivity index (χ0n) is 11.6. The average Bonchev–Trinajstić information content (AvgIpc) is 2.48. The largest absolute Gasteiger partial charge is 0.456 e. The van der Waals surface area contributed by atoms with Crippen molar-refractivity contribution >= 4 is 23.5 Å². The number of benzene rings is 2. The van der Waals surface area contributed by atoms with E-state index < -0.39 is 16.7 Å². The second-order valence-corrected chi connectivity index (χ2v) is 4.87. The lowest BCUT2D eigenvalue weighted by molar-refractivity contribution is -0.385. The molecule has 10 heteroatoms. The Kier molecular flexibility index (Phi) is 4.93. The summed E-state index contributed by atoms with van der Waals surface area (Å²) in [7, 11) is 0. The van der Waals surface area contributed by atoms with Gasteiger partial charge in [0.05, 0.1) is 27.3 Å². The molecule has 0 radical (unpaired) electrons. The third-order valence-corrected chi connectivity index (χ3v) is 3.17. The van der Waals surface area contributed by atoms with E-state index in [1.165, 1.54) is 12.1 Å². The minimum Gasteiger partial charge on any atom is -0.456 e. The summed E-state index contributed by atoms with van der Waals surface area (Å²) in [5, 5.41) is 21.8. The van der Waals surface area contributed by atoms with Gasteiger partial charge in [-0.3, -0.25) is 10.1 Å². The standard InChI is InChI=1S/C14H8ClF3N2O4/c15-11-6-9(14(16,17)18)1-4-13(11)24-10-2-3-12(20(22)23)8(5-10)7-19-21/h1-7,21H. The van der Waals surface area contributed by atoms with E-state index in [4.69, 9.17) is 21.5 Å². The van der Waals surface area contributed by atoms with Crippen LogP contribution in [0.15, 0.2) is 41.6 Å². The highest BCUT2D eigenvalue weighted by atomic mass is 35.5. The second-order valence-electron chi connectivity index (χ2n) is 4.47. The first-order chi connectivity index (χ1) is 11.2. The van der Waals surface area contributed by atoms with Gasteiger partial charge in [-0.1, -0.05) is 16.8 Å². The van der Waals surface area contributed by atoms with Gasteiger partial charge in [0.1, 0.15) is 11.5 Å². The molecular formula is C14H8ClF3N2O4. The summed E-state index contributed by atoms with van der Waals surface area (Å²) < 4.78 is 43.1. The van der Waals surface area contributed by atoms with Gasteiger partial charge < -0.3 is 9.94 Å². The summed E-state index contributed by atoms with van der Waals surface area (Å²) in [6, 6.07) is 6.06. The number of alkyl halides is 3. The molecule has 0 fully saturated rings. The molecule has 0 aliphatic rings. The topological polar surface area (TPSA) is 85.0 Å². The van der Waals surface area contributed by atoms with Crippen LogP contribution in [0, 0.1) is 10.1 Å². The Morgan fingerprint density at radius 2 is 1.96 bits per heavy atom. The first-order valence-electron chi connectivity index (χ1n) is 6.23. The van der Waals surface area contributed by atoms with Crippen LogP contribution in [0.4, 0.5) is 18.9 Å². The van der Waals surface area contributed by atoms with Crippen LogP contribution in [0.1, 0.15) is 11.1 Å². The molecule has 2 aromatic rings. The molecule has 0 bridgehead atoms. The Bertz CT molecular complexity index is 809. The van der Waals surface area contributed by atoms with Crippen molar-refractivity contribution in [2.24, 2.45) is 5.16 Å². The average molecular weight is 361 g/mol. The zero-order chi connectivity index (χ0) is 17.9. The maximum absolute atomic E-state index is 12.6. The molecule has 1 N–H and O–H groups in total. The van der Waals surface area contributed by atoms with Gasteiger partial charge in [0, 0.05) is 6.07 Å². The lowest BCUT2D eigenvalue weighted by atomic mass is 10.2. The number of ether oxygens (including phenoxy) is 1. The monoisotopic (exact) mass is 360 g/mol. The maximum Gasteiger partial charge on any atom is 0.416 e. The van der Waals surface area contributed by atoms with Crippen molar-refractivity contribution in [2.75, 3.05) is 0 Å². The predicted molar refractivity (Wildman–Crippen MR) is 79.0 cm³/mol. The summed E-state index contributed by atoms with van der Waals surface area (Å²) in [6.45, 7) is 0. The number of rotatable bonds is 4. The molecule has 0 aromatic heterocycles. The molecule has 2 rings (SSSR count). The van der Waals surface area contributed by atoms with E-state index in [1.54, 1.807) is 0 Å². The van der Waals surface area contributed by atoms with Gasteiger partial charge in [-0.2, -0.15) is 13.2 Å². The molecule has 0 aliphatic carbocycles. The lowest BCUT2D eigenvalue weighted by Gasteiger charge is -2.11. The van der Waals surface area contributed by atoms with Crippen LogP contribution in [0.2, 0.25) is 5.02 Å². The van der Waals surface area contributed by atoms with E-state index in [1.807, 2.05) is 0 Å². The number of nitro benzene ring substituents is 1. The zero-order valence-corrected chi connectivity index (χ0v) is 12.4. The van der Waals surface area contributed by atoms with Gasteiger partial charge in [-0.05, 0) is 30.3 Å². The fourth-order valence-electron chi connectivity index (χ4n) is 1.81. The predicted octanol–water partition coefficient (Wildman–Crippen LogP) is 4.87. The van der Waals surface area contributed by atoms with Gasteiger partial charge in [0.15, 0.2) is 0 Å². The summed E-state index contributed by atoms with van der Waals surface area (Å²) in [4.78, 5) is 10.2. The highest BCUT2D eigenvalue weighted by Crippen LogP contribution is 2.37. The number of halogens is 4.